The van der Waals surface area contributed by atoms with Gasteiger partial charge >= 0.3 is 0 Å². The van der Waals surface area contributed by atoms with Crippen molar-refractivity contribution in [1.29, 1.82) is 0 Å². The third kappa shape index (κ3) is 2.89. The molecule has 3 saturated carbocycles. The van der Waals surface area contributed by atoms with Gasteiger partial charge in [0.1, 0.15) is 0 Å². The molecule has 23 heavy (non-hydrogen) atoms. The number of nitrogens with one attached hydrogen (secondary N) is 1. The summed E-state index contributed by atoms with van der Waals surface area (Å²) >= 11 is 0. The van der Waals surface area contributed by atoms with Crippen LogP contribution >= 0.6 is 0 Å². The van der Waals surface area contributed by atoms with E-state index in [9.17, 15) is 9.59 Å². The number of hydrogen-bond donors (Lipinski definition) is 1. The van der Waals surface area contributed by atoms with Crippen molar-refractivity contribution < 1.29 is 9.59 Å². The zero-order valence-corrected chi connectivity index (χ0v) is 14.3. The minimum absolute atomic E-state index is 0.120. The van der Waals surface area contributed by atoms with Gasteiger partial charge in [0.2, 0.25) is 11.8 Å². The highest BCUT2D eigenvalue weighted by Crippen LogP contribution is 2.49. The molecule has 1 aliphatic heterocycles. The molecule has 0 unspecified atom stereocenters. The molecule has 5 atom stereocenters. The molecule has 1 heterocycles. The average molecular weight is 318 g/mol. The van der Waals surface area contributed by atoms with Crippen LogP contribution in [0.1, 0.15) is 64.7 Å². The van der Waals surface area contributed by atoms with Crippen LogP contribution in [-0.4, -0.2) is 35.3 Å². The summed E-state index contributed by atoms with van der Waals surface area (Å²) in [4.78, 5) is 26.9. The summed E-state index contributed by atoms with van der Waals surface area (Å²) in [5.41, 5.74) is 0. The Kier molecular flexibility index (Phi) is 4.10. The lowest BCUT2D eigenvalue weighted by molar-refractivity contribution is -0.130. The molecule has 1 N–H and O–H groups in total. The van der Waals surface area contributed by atoms with Gasteiger partial charge in [0.25, 0.3) is 0 Å². The number of carbonyl (C=O) groups excluding carboxylic acids is 2. The Bertz CT molecular complexity index is 486. The van der Waals surface area contributed by atoms with Gasteiger partial charge in [0.15, 0.2) is 0 Å². The lowest BCUT2D eigenvalue weighted by Gasteiger charge is -2.29. The highest BCUT2D eigenvalue weighted by atomic mass is 16.2. The van der Waals surface area contributed by atoms with E-state index in [1.807, 2.05) is 4.90 Å². The predicted octanol–water partition coefficient (Wildman–Crippen LogP) is 2.72. The fourth-order valence-electron chi connectivity index (χ4n) is 5.83. The summed E-state index contributed by atoms with van der Waals surface area (Å²) in [6.45, 7) is 2.83. The van der Waals surface area contributed by atoms with Crippen molar-refractivity contribution in [1.82, 2.24) is 10.2 Å². The van der Waals surface area contributed by atoms with E-state index in [2.05, 4.69) is 12.2 Å². The molecule has 3 aliphatic carbocycles. The fourth-order valence-corrected chi connectivity index (χ4v) is 5.83. The average Bonchev–Trinajstić information content (AvgIpc) is 3.30. The second kappa shape index (κ2) is 6.10. The number of nitrogens with zero attached hydrogens (tertiary/aromatic N) is 1. The standard InChI is InChI=1S/C19H30N2O2/c1-12(17-9-13-6-7-14(17)8-13)20-19(23)15-10-18(22)21(11-15)16-4-2-3-5-16/h12-17H,2-11H2,1H3,(H,20,23)/t12-,13-,14-,15+,17+/m0/s1. The molecule has 0 aromatic heterocycles. The van der Waals surface area contributed by atoms with Gasteiger partial charge in [-0.25, -0.2) is 0 Å². The molecule has 0 radical (unpaired) electrons. The van der Waals surface area contributed by atoms with Gasteiger partial charge < -0.3 is 10.2 Å². The van der Waals surface area contributed by atoms with Gasteiger partial charge in [-0.3, -0.25) is 9.59 Å². The van der Waals surface area contributed by atoms with Crippen LogP contribution in [0.2, 0.25) is 0 Å². The molecular formula is C19H30N2O2. The molecule has 4 heteroatoms. The summed E-state index contributed by atoms with van der Waals surface area (Å²) in [5.74, 6) is 2.61. The Morgan fingerprint density at radius 1 is 1.17 bits per heavy atom. The maximum atomic E-state index is 12.6. The first kappa shape index (κ1) is 15.5. The largest absolute Gasteiger partial charge is 0.353 e. The van der Waals surface area contributed by atoms with Crippen LogP contribution in [-0.2, 0) is 9.59 Å². The van der Waals surface area contributed by atoms with Crippen molar-refractivity contribution in [3.05, 3.63) is 0 Å². The van der Waals surface area contributed by atoms with Crippen LogP contribution in [0.5, 0.6) is 0 Å². The maximum absolute atomic E-state index is 12.6. The molecule has 2 amide bonds. The molecule has 1 saturated heterocycles. The summed E-state index contributed by atoms with van der Waals surface area (Å²) < 4.78 is 0. The molecule has 0 aromatic carbocycles. The van der Waals surface area contributed by atoms with Crippen molar-refractivity contribution in [2.75, 3.05) is 6.54 Å². The SMILES string of the molecule is C[C@H](NC(=O)[C@@H]1CC(=O)N(C2CCCC2)C1)[C@H]1C[C@H]2CC[C@H]1C2. The van der Waals surface area contributed by atoms with Gasteiger partial charge in [-0.15, -0.1) is 0 Å². The van der Waals surface area contributed by atoms with E-state index in [4.69, 9.17) is 0 Å². The smallest absolute Gasteiger partial charge is 0.225 e. The maximum Gasteiger partial charge on any atom is 0.225 e. The summed E-state index contributed by atoms with van der Waals surface area (Å²) in [5, 5.41) is 3.26. The van der Waals surface area contributed by atoms with E-state index in [0.717, 1.165) is 24.7 Å². The number of carbonyl (C=O) groups is 2. The normalized spacial score (nSPS) is 38.5. The predicted molar refractivity (Wildman–Crippen MR) is 88.6 cm³/mol. The Labute approximate surface area is 139 Å². The second-order valence-electron chi connectivity index (χ2n) is 8.52. The molecule has 4 fully saturated rings. The minimum atomic E-state index is -0.121. The van der Waals surface area contributed by atoms with Crippen LogP contribution in [0, 0.1) is 23.7 Å². The van der Waals surface area contributed by atoms with Gasteiger partial charge in [-0.05, 0) is 56.8 Å². The van der Waals surface area contributed by atoms with E-state index in [1.54, 1.807) is 0 Å². The highest BCUT2D eigenvalue weighted by Gasteiger charge is 2.43. The van der Waals surface area contributed by atoms with E-state index in [1.165, 1.54) is 38.5 Å². The van der Waals surface area contributed by atoms with Gasteiger partial charge in [-0.1, -0.05) is 19.3 Å². The van der Waals surface area contributed by atoms with Crippen molar-refractivity contribution in [3.63, 3.8) is 0 Å². The van der Waals surface area contributed by atoms with Crippen molar-refractivity contribution in [3.8, 4) is 0 Å². The van der Waals surface area contributed by atoms with Crippen molar-refractivity contribution >= 4 is 11.8 Å². The van der Waals surface area contributed by atoms with Crippen LogP contribution in [0.15, 0.2) is 0 Å². The van der Waals surface area contributed by atoms with Crippen LogP contribution in [0.4, 0.5) is 0 Å². The number of amides is 2. The van der Waals surface area contributed by atoms with Crippen LogP contribution in [0.25, 0.3) is 0 Å². The summed E-state index contributed by atoms with van der Waals surface area (Å²) in [7, 11) is 0. The Morgan fingerprint density at radius 3 is 2.61 bits per heavy atom. The first-order chi connectivity index (χ1) is 11.1. The first-order valence-corrected chi connectivity index (χ1v) is 9.71. The summed E-state index contributed by atoms with van der Waals surface area (Å²) in [6.07, 6.45) is 10.6. The quantitative estimate of drug-likeness (QED) is 0.866. The lowest BCUT2D eigenvalue weighted by Crippen LogP contribution is -2.44. The van der Waals surface area contributed by atoms with E-state index in [-0.39, 0.29) is 23.8 Å². The number of likely N-dealkylation sites (tertiary alicyclic amines) is 1. The fraction of sp³-hybridized carbons (Fsp3) is 0.895. The Morgan fingerprint density at radius 2 is 1.96 bits per heavy atom. The number of rotatable bonds is 4. The van der Waals surface area contributed by atoms with Crippen LogP contribution < -0.4 is 5.32 Å². The third-order valence-corrected chi connectivity index (χ3v) is 7.10. The lowest BCUT2D eigenvalue weighted by atomic mass is 9.84. The molecule has 0 aromatic rings. The zero-order chi connectivity index (χ0) is 16.0. The molecule has 128 valence electrons. The van der Waals surface area contributed by atoms with Crippen molar-refractivity contribution in [2.45, 2.75) is 76.8 Å². The topological polar surface area (TPSA) is 49.4 Å². The van der Waals surface area contributed by atoms with E-state index in [0.29, 0.717) is 24.9 Å². The summed E-state index contributed by atoms with van der Waals surface area (Å²) in [6, 6.07) is 0.678. The van der Waals surface area contributed by atoms with Gasteiger partial charge in [0.05, 0.1) is 5.92 Å². The molecular weight excluding hydrogens is 288 g/mol. The molecule has 4 nitrogen and oxygen atoms in total. The molecule has 4 aliphatic rings. The highest BCUT2D eigenvalue weighted by molar-refractivity contribution is 5.89. The van der Waals surface area contributed by atoms with Gasteiger partial charge in [0, 0.05) is 25.0 Å². The molecule has 0 spiro atoms. The first-order valence-electron chi connectivity index (χ1n) is 9.71. The zero-order valence-electron chi connectivity index (χ0n) is 14.3. The monoisotopic (exact) mass is 318 g/mol. The van der Waals surface area contributed by atoms with Gasteiger partial charge in [-0.2, -0.15) is 0 Å². The Balaban J connectivity index is 1.31. The number of hydrogen-bond acceptors (Lipinski definition) is 2. The molecule has 2 bridgehead atoms. The Hall–Kier alpha value is -1.06. The molecule has 4 rings (SSSR count). The van der Waals surface area contributed by atoms with E-state index >= 15 is 0 Å². The third-order valence-electron chi connectivity index (χ3n) is 7.10. The van der Waals surface area contributed by atoms with Crippen LogP contribution in [0.3, 0.4) is 0 Å². The second-order valence-corrected chi connectivity index (χ2v) is 8.52. The van der Waals surface area contributed by atoms with Crippen molar-refractivity contribution in [2.24, 2.45) is 23.7 Å². The minimum Gasteiger partial charge on any atom is -0.353 e. The number of fused-ring (bicyclic) bond motifs is 2. The van der Waals surface area contributed by atoms with E-state index < -0.39 is 0 Å².